The highest BCUT2D eigenvalue weighted by molar-refractivity contribution is 5.90. The molecule has 0 saturated heterocycles. The lowest BCUT2D eigenvalue weighted by Gasteiger charge is -2.00. The quantitative estimate of drug-likeness (QED) is 0.825. The van der Waals surface area contributed by atoms with E-state index in [1.807, 2.05) is 13.8 Å². The first-order chi connectivity index (χ1) is 8.66. The van der Waals surface area contributed by atoms with Gasteiger partial charge in [0.2, 0.25) is 5.82 Å². The number of H-pyrrole nitrogens is 1. The van der Waals surface area contributed by atoms with E-state index in [9.17, 15) is 4.79 Å². The number of nitrogens with one attached hydrogen (secondary N) is 2. The van der Waals surface area contributed by atoms with Crippen LogP contribution < -0.4 is 5.32 Å². The first-order valence-corrected chi connectivity index (χ1v) is 5.64. The van der Waals surface area contributed by atoms with Crippen molar-refractivity contribution >= 4 is 5.91 Å². The van der Waals surface area contributed by atoms with Crippen molar-refractivity contribution in [1.29, 1.82) is 0 Å². The number of aromatic amines is 1. The molecule has 0 aliphatic carbocycles. The van der Waals surface area contributed by atoms with Gasteiger partial charge in [0.1, 0.15) is 5.82 Å². The third-order valence-corrected chi connectivity index (χ3v) is 2.31. The van der Waals surface area contributed by atoms with Gasteiger partial charge in [0.05, 0.1) is 12.2 Å². The van der Waals surface area contributed by atoms with Crippen molar-refractivity contribution in [3.63, 3.8) is 0 Å². The van der Waals surface area contributed by atoms with Crippen LogP contribution in [-0.4, -0.2) is 31.3 Å². The average molecular weight is 246 g/mol. The second-order valence-corrected chi connectivity index (χ2v) is 4.10. The van der Waals surface area contributed by atoms with Gasteiger partial charge in [-0.25, -0.2) is 4.98 Å². The van der Waals surface area contributed by atoms with Crippen LogP contribution in [0.4, 0.5) is 0 Å². The summed E-state index contributed by atoms with van der Waals surface area (Å²) in [6.45, 7) is 4.25. The van der Waals surface area contributed by atoms with E-state index >= 15 is 0 Å². The molecule has 0 aromatic carbocycles. The number of carbonyl (C=O) groups excluding carboxylic acids is 1. The van der Waals surface area contributed by atoms with Crippen LogP contribution in [0.15, 0.2) is 18.3 Å². The molecule has 2 aromatic heterocycles. The molecule has 0 aliphatic rings. The summed E-state index contributed by atoms with van der Waals surface area (Å²) in [6, 6.07) is 3.54. The van der Waals surface area contributed by atoms with Crippen molar-refractivity contribution in [2.75, 3.05) is 0 Å². The van der Waals surface area contributed by atoms with Gasteiger partial charge in [-0.05, 0) is 12.1 Å². The van der Waals surface area contributed by atoms with E-state index in [-0.39, 0.29) is 17.6 Å². The second kappa shape index (κ2) is 5.35. The van der Waals surface area contributed by atoms with Gasteiger partial charge in [0, 0.05) is 12.1 Å². The van der Waals surface area contributed by atoms with Crippen LogP contribution in [0, 0.1) is 0 Å². The SMILES string of the molecule is CC(C)c1nc(C(=O)NCc2cccnn2)n[nH]1. The highest BCUT2D eigenvalue weighted by Gasteiger charge is 2.13. The predicted octanol–water partition coefficient (Wildman–Crippen LogP) is 0.648. The lowest BCUT2D eigenvalue weighted by Crippen LogP contribution is -2.24. The summed E-state index contributed by atoms with van der Waals surface area (Å²) in [5.74, 6) is 0.713. The van der Waals surface area contributed by atoms with E-state index < -0.39 is 0 Å². The fourth-order valence-corrected chi connectivity index (χ4v) is 1.31. The van der Waals surface area contributed by atoms with E-state index in [1.54, 1.807) is 18.3 Å². The summed E-state index contributed by atoms with van der Waals surface area (Å²) in [4.78, 5) is 15.9. The molecule has 2 rings (SSSR count). The van der Waals surface area contributed by atoms with Crippen molar-refractivity contribution in [3.8, 4) is 0 Å². The van der Waals surface area contributed by atoms with Crippen molar-refractivity contribution in [2.45, 2.75) is 26.3 Å². The van der Waals surface area contributed by atoms with E-state index in [1.165, 1.54) is 0 Å². The Kier molecular flexibility index (Phi) is 3.61. The molecular weight excluding hydrogens is 232 g/mol. The lowest BCUT2D eigenvalue weighted by atomic mass is 10.2. The number of amides is 1. The van der Waals surface area contributed by atoms with Gasteiger partial charge in [0.25, 0.3) is 5.91 Å². The molecule has 0 fully saturated rings. The first-order valence-electron chi connectivity index (χ1n) is 5.64. The molecule has 0 saturated carbocycles. The Bertz CT molecular complexity index is 521. The Balaban J connectivity index is 1.95. The highest BCUT2D eigenvalue weighted by atomic mass is 16.2. The molecule has 94 valence electrons. The Morgan fingerprint density at radius 2 is 2.33 bits per heavy atom. The summed E-state index contributed by atoms with van der Waals surface area (Å²) in [5, 5.41) is 16.9. The van der Waals surface area contributed by atoms with Gasteiger partial charge in [0.15, 0.2) is 0 Å². The normalized spacial score (nSPS) is 10.6. The molecule has 7 nitrogen and oxygen atoms in total. The maximum absolute atomic E-state index is 11.7. The van der Waals surface area contributed by atoms with Gasteiger partial charge >= 0.3 is 0 Å². The minimum Gasteiger partial charge on any atom is -0.344 e. The predicted molar refractivity (Wildman–Crippen MR) is 63.7 cm³/mol. The molecule has 2 heterocycles. The summed E-state index contributed by atoms with van der Waals surface area (Å²) >= 11 is 0. The molecular formula is C11H14N6O. The molecule has 7 heteroatoms. The van der Waals surface area contributed by atoms with Gasteiger partial charge in [-0.3, -0.25) is 9.89 Å². The molecule has 0 bridgehead atoms. The fraction of sp³-hybridized carbons (Fsp3) is 0.364. The van der Waals surface area contributed by atoms with E-state index in [2.05, 4.69) is 30.7 Å². The summed E-state index contributed by atoms with van der Waals surface area (Å²) in [7, 11) is 0. The zero-order valence-corrected chi connectivity index (χ0v) is 10.2. The molecule has 2 aromatic rings. The molecule has 1 amide bonds. The monoisotopic (exact) mass is 246 g/mol. The molecule has 0 aliphatic heterocycles. The lowest BCUT2D eigenvalue weighted by molar-refractivity contribution is 0.0940. The van der Waals surface area contributed by atoms with Crippen LogP contribution >= 0.6 is 0 Å². The summed E-state index contributed by atoms with van der Waals surface area (Å²) in [5.41, 5.74) is 0.686. The smallest absolute Gasteiger partial charge is 0.291 e. The number of carbonyl (C=O) groups is 1. The Morgan fingerprint density at radius 1 is 1.50 bits per heavy atom. The van der Waals surface area contributed by atoms with Crippen LogP contribution in [0.2, 0.25) is 0 Å². The van der Waals surface area contributed by atoms with Crippen LogP contribution in [0.1, 0.15) is 41.9 Å². The molecule has 2 N–H and O–H groups in total. The molecule has 0 radical (unpaired) electrons. The van der Waals surface area contributed by atoms with Gasteiger partial charge in [-0.1, -0.05) is 13.8 Å². The van der Waals surface area contributed by atoms with Gasteiger partial charge < -0.3 is 5.32 Å². The maximum atomic E-state index is 11.7. The van der Waals surface area contributed by atoms with Crippen LogP contribution in [0.5, 0.6) is 0 Å². The Labute approximate surface area is 104 Å². The minimum atomic E-state index is -0.330. The van der Waals surface area contributed by atoms with Crippen molar-refractivity contribution in [1.82, 2.24) is 30.7 Å². The van der Waals surface area contributed by atoms with E-state index in [0.717, 1.165) is 0 Å². The number of nitrogens with zero attached hydrogens (tertiary/aromatic N) is 4. The standard InChI is InChI=1S/C11H14N6O/c1-7(2)9-14-10(17-16-9)11(18)12-6-8-4-3-5-13-15-8/h3-5,7H,6H2,1-2H3,(H,12,18)(H,14,16,17). The van der Waals surface area contributed by atoms with Gasteiger partial charge in [-0.15, -0.1) is 5.10 Å². The first kappa shape index (κ1) is 12.2. The van der Waals surface area contributed by atoms with E-state index in [4.69, 9.17) is 0 Å². The number of hydrogen-bond acceptors (Lipinski definition) is 5. The van der Waals surface area contributed by atoms with Crippen molar-refractivity contribution < 1.29 is 4.79 Å². The number of aromatic nitrogens is 5. The van der Waals surface area contributed by atoms with Crippen LogP contribution in [0.25, 0.3) is 0 Å². The average Bonchev–Trinajstić information content (AvgIpc) is 2.87. The van der Waals surface area contributed by atoms with Crippen LogP contribution in [-0.2, 0) is 6.54 Å². The number of hydrogen-bond donors (Lipinski definition) is 2. The highest BCUT2D eigenvalue weighted by Crippen LogP contribution is 2.07. The molecule has 0 atom stereocenters. The Hall–Kier alpha value is -2.31. The van der Waals surface area contributed by atoms with Crippen molar-refractivity contribution in [3.05, 3.63) is 35.7 Å². The third kappa shape index (κ3) is 2.88. The molecule has 18 heavy (non-hydrogen) atoms. The fourth-order valence-electron chi connectivity index (χ4n) is 1.31. The second-order valence-electron chi connectivity index (χ2n) is 4.10. The van der Waals surface area contributed by atoms with Gasteiger partial charge in [-0.2, -0.15) is 10.2 Å². The van der Waals surface area contributed by atoms with Crippen LogP contribution in [0.3, 0.4) is 0 Å². The minimum absolute atomic E-state index is 0.141. The largest absolute Gasteiger partial charge is 0.344 e. The number of rotatable bonds is 4. The summed E-state index contributed by atoms with van der Waals surface area (Å²) < 4.78 is 0. The summed E-state index contributed by atoms with van der Waals surface area (Å²) in [6.07, 6.45) is 1.58. The topological polar surface area (TPSA) is 96.5 Å². The Morgan fingerprint density at radius 3 is 2.94 bits per heavy atom. The molecule has 0 unspecified atom stereocenters. The third-order valence-electron chi connectivity index (χ3n) is 2.31. The zero-order chi connectivity index (χ0) is 13.0. The zero-order valence-electron chi connectivity index (χ0n) is 10.2. The maximum Gasteiger partial charge on any atom is 0.291 e. The molecule has 0 spiro atoms. The van der Waals surface area contributed by atoms with E-state index in [0.29, 0.717) is 18.1 Å². The van der Waals surface area contributed by atoms with Crippen molar-refractivity contribution in [2.24, 2.45) is 0 Å².